The van der Waals surface area contributed by atoms with Crippen molar-refractivity contribution in [3.05, 3.63) is 35.9 Å². The Bertz CT molecular complexity index is 637. The van der Waals surface area contributed by atoms with Crippen LogP contribution < -0.4 is 21.7 Å². The quantitative estimate of drug-likeness (QED) is 0.318. The number of benzene rings is 1. The van der Waals surface area contributed by atoms with Gasteiger partial charge < -0.3 is 26.8 Å². The maximum atomic E-state index is 12.6. The van der Waals surface area contributed by atoms with Crippen molar-refractivity contribution in [2.75, 3.05) is 13.1 Å². The molecule has 1 aromatic rings. The van der Waals surface area contributed by atoms with E-state index < -0.39 is 24.1 Å². The molecule has 1 rings (SSSR count). The minimum absolute atomic E-state index is 0.282. The number of hydrogen-bond donors (Lipinski definition) is 5. The fraction of sp³-hybridized carbons (Fsp3) is 0.571. The minimum atomic E-state index is -1.11. The highest BCUT2D eigenvalue weighted by Gasteiger charge is 2.24. The molecule has 0 spiro atoms. The Balaban J connectivity index is 2.73. The number of urea groups is 1. The zero-order valence-electron chi connectivity index (χ0n) is 17.3. The average Bonchev–Trinajstić information content (AvgIpc) is 2.67. The van der Waals surface area contributed by atoms with Gasteiger partial charge in [-0.3, -0.25) is 4.79 Å². The Morgan fingerprint density at radius 2 is 1.66 bits per heavy atom. The summed E-state index contributed by atoms with van der Waals surface area (Å²) < 4.78 is 0. The Morgan fingerprint density at radius 1 is 1.00 bits per heavy atom. The first kappa shape index (κ1) is 24.4. The Kier molecular flexibility index (Phi) is 11.4. The minimum Gasteiger partial charge on any atom is -0.480 e. The fourth-order valence-corrected chi connectivity index (χ4v) is 2.77. The number of aliphatic carboxylic acids is 1. The van der Waals surface area contributed by atoms with Crippen LogP contribution >= 0.6 is 0 Å². The molecule has 0 heterocycles. The molecule has 0 fully saturated rings. The molecule has 0 saturated heterocycles. The molecule has 8 nitrogen and oxygen atoms in total. The van der Waals surface area contributed by atoms with E-state index >= 15 is 0 Å². The number of carboxylic acid groups (broad SMARTS) is 1. The third-order valence-electron chi connectivity index (χ3n) is 4.48. The summed E-state index contributed by atoms with van der Waals surface area (Å²) in [5.74, 6) is -0.957. The third kappa shape index (κ3) is 10.5. The third-order valence-corrected chi connectivity index (χ3v) is 4.48. The first-order valence-corrected chi connectivity index (χ1v) is 10.1. The first-order valence-electron chi connectivity index (χ1n) is 10.1. The van der Waals surface area contributed by atoms with Crippen molar-refractivity contribution in [1.82, 2.24) is 16.0 Å². The van der Waals surface area contributed by atoms with Crippen LogP contribution in [0.5, 0.6) is 0 Å². The summed E-state index contributed by atoms with van der Waals surface area (Å²) in [5, 5.41) is 17.2. The van der Waals surface area contributed by atoms with Crippen LogP contribution in [0.25, 0.3) is 0 Å². The normalized spacial score (nSPS) is 12.8. The predicted octanol–water partition coefficient (Wildman–Crippen LogP) is 1.64. The number of carbonyl (C=O) groups is 3. The molecule has 0 aliphatic rings. The van der Waals surface area contributed by atoms with Crippen molar-refractivity contribution in [3.63, 3.8) is 0 Å². The number of nitrogens with one attached hydrogen (secondary N) is 3. The van der Waals surface area contributed by atoms with E-state index in [0.717, 1.165) is 12.0 Å². The molecule has 0 aromatic heterocycles. The molecule has 8 heteroatoms. The van der Waals surface area contributed by atoms with E-state index in [4.69, 9.17) is 5.73 Å². The maximum absolute atomic E-state index is 12.6. The standard InChI is InChI=1S/C21H34N4O4/c1-15(2)11-13-23-19(26)18(14-16-8-4-3-5-9-16)25-21(29)24-17(20(27)28)10-6-7-12-22/h3-5,8-9,15,17-18H,6-7,10-14,22H2,1-2H3,(H,23,26)(H,27,28)(H2,24,25,29)/t17-,18+/m0/s1. The second-order valence-corrected chi connectivity index (χ2v) is 7.51. The van der Waals surface area contributed by atoms with Gasteiger partial charge in [-0.1, -0.05) is 44.2 Å². The highest BCUT2D eigenvalue weighted by molar-refractivity contribution is 5.89. The molecule has 0 bridgehead atoms. The average molecular weight is 407 g/mol. The number of amides is 3. The molecule has 0 aliphatic heterocycles. The largest absolute Gasteiger partial charge is 0.480 e. The molecule has 6 N–H and O–H groups in total. The van der Waals surface area contributed by atoms with Crippen LogP contribution in [0.4, 0.5) is 4.79 Å². The second-order valence-electron chi connectivity index (χ2n) is 7.51. The van der Waals surface area contributed by atoms with Gasteiger partial charge in [0.25, 0.3) is 0 Å². The lowest BCUT2D eigenvalue weighted by Gasteiger charge is -2.21. The van der Waals surface area contributed by atoms with Gasteiger partial charge in [0.1, 0.15) is 12.1 Å². The van der Waals surface area contributed by atoms with Gasteiger partial charge in [0.2, 0.25) is 5.91 Å². The highest BCUT2D eigenvalue weighted by Crippen LogP contribution is 2.05. The lowest BCUT2D eigenvalue weighted by atomic mass is 10.0. The van der Waals surface area contributed by atoms with E-state index in [1.807, 2.05) is 30.3 Å². The van der Waals surface area contributed by atoms with E-state index in [2.05, 4.69) is 29.8 Å². The number of rotatable bonds is 13. The van der Waals surface area contributed by atoms with E-state index in [0.29, 0.717) is 38.3 Å². The Morgan fingerprint density at radius 3 is 2.24 bits per heavy atom. The lowest BCUT2D eigenvalue weighted by molar-refractivity contribution is -0.139. The molecule has 0 aliphatic carbocycles. The van der Waals surface area contributed by atoms with Gasteiger partial charge in [-0.25, -0.2) is 9.59 Å². The molecule has 1 aromatic carbocycles. The summed E-state index contributed by atoms with van der Waals surface area (Å²) in [6.07, 6.45) is 2.70. The van der Waals surface area contributed by atoms with E-state index in [1.54, 1.807) is 0 Å². The molecule has 3 amide bonds. The van der Waals surface area contributed by atoms with Crippen molar-refractivity contribution in [1.29, 1.82) is 0 Å². The molecule has 29 heavy (non-hydrogen) atoms. The van der Waals surface area contributed by atoms with Crippen LogP contribution in [0.3, 0.4) is 0 Å². The summed E-state index contributed by atoms with van der Waals surface area (Å²) in [7, 11) is 0. The first-order chi connectivity index (χ1) is 13.8. The van der Waals surface area contributed by atoms with Crippen molar-refractivity contribution < 1.29 is 19.5 Å². The number of carbonyl (C=O) groups excluding carboxylic acids is 2. The van der Waals surface area contributed by atoms with Gasteiger partial charge in [-0.05, 0) is 43.7 Å². The zero-order chi connectivity index (χ0) is 21.6. The molecular weight excluding hydrogens is 372 g/mol. The Labute approximate surface area is 172 Å². The number of unbranched alkanes of at least 4 members (excludes halogenated alkanes) is 1. The number of nitrogens with two attached hydrogens (primary N) is 1. The zero-order valence-corrected chi connectivity index (χ0v) is 17.3. The predicted molar refractivity (Wildman–Crippen MR) is 112 cm³/mol. The molecule has 0 saturated carbocycles. The van der Waals surface area contributed by atoms with Crippen molar-refractivity contribution >= 4 is 17.9 Å². The summed E-state index contributed by atoms with van der Waals surface area (Å²) in [6.45, 7) is 5.11. The summed E-state index contributed by atoms with van der Waals surface area (Å²) in [6, 6.07) is 6.85. The smallest absolute Gasteiger partial charge is 0.326 e. The SMILES string of the molecule is CC(C)CCNC(=O)[C@@H](Cc1ccccc1)NC(=O)N[C@@H](CCCCN)C(=O)O. The lowest BCUT2D eigenvalue weighted by Crippen LogP contribution is -2.54. The highest BCUT2D eigenvalue weighted by atomic mass is 16.4. The second kappa shape index (κ2) is 13.5. The molecule has 2 atom stereocenters. The van der Waals surface area contributed by atoms with Gasteiger partial charge in [0, 0.05) is 13.0 Å². The van der Waals surface area contributed by atoms with Crippen molar-refractivity contribution in [2.24, 2.45) is 11.7 Å². The van der Waals surface area contributed by atoms with E-state index in [1.165, 1.54) is 0 Å². The monoisotopic (exact) mass is 406 g/mol. The van der Waals surface area contributed by atoms with Crippen LogP contribution in [0, 0.1) is 5.92 Å². The van der Waals surface area contributed by atoms with Crippen molar-refractivity contribution in [2.45, 2.75) is 58.0 Å². The summed E-state index contributed by atoms with van der Waals surface area (Å²) in [4.78, 5) is 36.4. The van der Waals surface area contributed by atoms with Crippen LogP contribution in [-0.2, 0) is 16.0 Å². The van der Waals surface area contributed by atoms with Gasteiger partial charge >= 0.3 is 12.0 Å². The molecule has 0 unspecified atom stereocenters. The van der Waals surface area contributed by atoms with Gasteiger partial charge in [0.05, 0.1) is 0 Å². The topological polar surface area (TPSA) is 134 Å². The van der Waals surface area contributed by atoms with Crippen molar-refractivity contribution in [3.8, 4) is 0 Å². The van der Waals surface area contributed by atoms with Crippen LogP contribution in [0.15, 0.2) is 30.3 Å². The molecule has 0 radical (unpaired) electrons. The van der Waals surface area contributed by atoms with Gasteiger partial charge in [-0.2, -0.15) is 0 Å². The van der Waals surface area contributed by atoms with Gasteiger partial charge in [-0.15, -0.1) is 0 Å². The Hall–Kier alpha value is -2.61. The van der Waals surface area contributed by atoms with Crippen LogP contribution in [0.1, 0.15) is 45.1 Å². The maximum Gasteiger partial charge on any atom is 0.326 e. The summed E-state index contributed by atoms with van der Waals surface area (Å²) in [5.41, 5.74) is 6.33. The number of carboxylic acids is 1. The molecule has 162 valence electrons. The van der Waals surface area contributed by atoms with E-state index in [9.17, 15) is 19.5 Å². The summed E-state index contributed by atoms with van der Waals surface area (Å²) >= 11 is 0. The van der Waals surface area contributed by atoms with E-state index in [-0.39, 0.29) is 12.3 Å². The molecular formula is C21H34N4O4. The van der Waals surface area contributed by atoms with Crippen LogP contribution in [-0.4, -0.2) is 48.2 Å². The fourth-order valence-electron chi connectivity index (χ4n) is 2.77. The van der Waals surface area contributed by atoms with Crippen LogP contribution in [0.2, 0.25) is 0 Å². The number of hydrogen-bond acceptors (Lipinski definition) is 4. The van der Waals surface area contributed by atoms with Gasteiger partial charge in [0.15, 0.2) is 0 Å².